The Hall–Kier alpha value is -4.13. The molecule has 7 heteroatoms. The van der Waals surface area contributed by atoms with Crippen LogP contribution in [0, 0.1) is 5.82 Å². The molecule has 0 radical (unpaired) electrons. The molecule has 0 fully saturated rings. The Balaban J connectivity index is 1.60. The van der Waals surface area contributed by atoms with Crippen molar-refractivity contribution in [1.29, 1.82) is 0 Å². The van der Waals surface area contributed by atoms with Gasteiger partial charge in [-0.1, -0.05) is 30.4 Å². The molecular formula is C25H23FN2O4. The van der Waals surface area contributed by atoms with Crippen LogP contribution in [0.2, 0.25) is 0 Å². The van der Waals surface area contributed by atoms with Gasteiger partial charge in [-0.3, -0.25) is 9.59 Å². The zero-order valence-corrected chi connectivity index (χ0v) is 17.7. The molecule has 0 heterocycles. The number of hydrogen-bond acceptors (Lipinski definition) is 4. The van der Waals surface area contributed by atoms with Gasteiger partial charge in [0, 0.05) is 16.9 Å². The van der Waals surface area contributed by atoms with Crippen LogP contribution in [-0.4, -0.2) is 25.5 Å². The molecule has 3 aromatic carbocycles. The van der Waals surface area contributed by atoms with Crippen LogP contribution in [0.25, 0.3) is 6.08 Å². The Labute approximate surface area is 185 Å². The van der Waals surface area contributed by atoms with Crippen LogP contribution in [0.1, 0.15) is 22.8 Å². The molecule has 3 rings (SSSR count). The third-order valence-corrected chi connectivity index (χ3v) is 4.40. The minimum absolute atomic E-state index is 0.237. The summed E-state index contributed by atoms with van der Waals surface area (Å²) in [6.07, 6.45) is 3.84. The van der Waals surface area contributed by atoms with Crippen molar-refractivity contribution >= 4 is 29.3 Å². The van der Waals surface area contributed by atoms with Gasteiger partial charge in [0.2, 0.25) is 0 Å². The highest BCUT2D eigenvalue weighted by molar-refractivity contribution is 6.05. The second-order valence-corrected chi connectivity index (χ2v) is 6.79. The van der Waals surface area contributed by atoms with E-state index < -0.39 is 17.6 Å². The van der Waals surface area contributed by atoms with Gasteiger partial charge in [0.15, 0.2) is 18.1 Å². The predicted octanol–water partition coefficient (Wildman–Crippen LogP) is 5.14. The fraction of sp³-hybridized carbons (Fsp3) is 0.120. The summed E-state index contributed by atoms with van der Waals surface area (Å²) < 4.78 is 24.2. The van der Waals surface area contributed by atoms with Crippen LogP contribution in [0.5, 0.6) is 11.5 Å². The van der Waals surface area contributed by atoms with E-state index >= 15 is 0 Å². The number of anilines is 2. The standard InChI is InChI=1S/C25H23FN2O4/c1-3-6-17-11-12-22(23(13-17)31-2)32-16-24(29)27-20-9-4-7-18(14-20)25(30)28-21-10-5-8-19(26)15-21/h3-15H,16H2,1-2H3,(H,27,29)(H,28,30)/b6-3+. The second kappa shape index (κ2) is 10.8. The smallest absolute Gasteiger partial charge is 0.262 e. The van der Waals surface area contributed by atoms with Crippen molar-refractivity contribution in [2.24, 2.45) is 0 Å². The van der Waals surface area contributed by atoms with Crippen molar-refractivity contribution in [1.82, 2.24) is 0 Å². The first kappa shape index (κ1) is 22.6. The number of allylic oxidation sites excluding steroid dienone is 1. The Morgan fingerprint density at radius 2 is 1.69 bits per heavy atom. The van der Waals surface area contributed by atoms with E-state index in [1.54, 1.807) is 30.3 Å². The van der Waals surface area contributed by atoms with E-state index in [0.717, 1.165) is 5.56 Å². The van der Waals surface area contributed by atoms with Crippen LogP contribution in [0.4, 0.5) is 15.8 Å². The quantitative estimate of drug-likeness (QED) is 0.515. The van der Waals surface area contributed by atoms with Crippen molar-refractivity contribution in [3.05, 3.63) is 89.8 Å². The highest BCUT2D eigenvalue weighted by Crippen LogP contribution is 2.28. The molecule has 3 aromatic rings. The number of carbonyl (C=O) groups excluding carboxylic acids is 2. The third kappa shape index (κ3) is 6.18. The maximum absolute atomic E-state index is 13.3. The number of amides is 2. The molecular weight excluding hydrogens is 411 g/mol. The maximum atomic E-state index is 13.3. The van der Waals surface area contributed by atoms with E-state index in [1.807, 2.05) is 31.2 Å². The van der Waals surface area contributed by atoms with Crippen molar-refractivity contribution in [3.8, 4) is 11.5 Å². The summed E-state index contributed by atoms with van der Waals surface area (Å²) in [6, 6.07) is 17.4. The molecule has 0 aromatic heterocycles. The molecule has 0 unspecified atom stereocenters. The van der Waals surface area contributed by atoms with Crippen molar-refractivity contribution < 1.29 is 23.5 Å². The number of methoxy groups -OCH3 is 1. The molecule has 0 atom stereocenters. The molecule has 0 aliphatic carbocycles. The monoisotopic (exact) mass is 434 g/mol. The molecule has 0 saturated carbocycles. The molecule has 0 spiro atoms. The van der Waals surface area contributed by atoms with Crippen LogP contribution in [-0.2, 0) is 4.79 Å². The normalized spacial score (nSPS) is 10.6. The molecule has 0 saturated heterocycles. The van der Waals surface area contributed by atoms with E-state index in [9.17, 15) is 14.0 Å². The van der Waals surface area contributed by atoms with Gasteiger partial charge in [0.25, 0.3) is 11.8 Å². The lowest BCUT2D eigenvalue weighted by Gasteiger charge is -2.12. The predicted molar refractivity (Wildman–Crippen MR) is 123 cm³/mol. The van der Waals surface area contributed by atoms with E-state index in [-0.39, 0.29) is 6.61 Å². The van der Waals surface area contributed by atoms with Gasteiger partial charge < -0.3 is 20.1 Å². The molecule has 0 aliphatic rings. The average Bonchev–Trinajstić information content (AvgIpc) is 2.78. The Morgan fingerprint density at radius 1 is 0.938 bits per heavy atom. The first-order valence-corrected chi connectivity index (χ1v) is 9.89. The summed E-state index contributed by atoms with van der Waals surface area (Å²) in [4.78, 5) is 24.8. The zero-order valence-electron chi connectivity index (χ0n) is 17.7. The minimum atomic E-state index is -0.447. The maximum Gasteiger partial charge on any atom is 0.262 e. The summed E-state index contributed by atoms with van der Waals surface area (Å²) in [5.41, 5.74) is 2.04. The molecule has 32 heavy (non-hydrogen) atoms. The van der Waals surface area contributed by atoms with Crippen LogP contribution < -0.4 is 20.1 Å². The van der Waals surface area contributed by atoms with Crippen molar-refractivity contribution in [3.63, 3.8) is 0 Å². The highest BCUT2D eigenvalue weighted by atomic mass is 19.1. The van der Waals surface area contributed by atoms with Gasteiger partial charge >= 0.3 is 0 Å². The van der Waals surface area contributed by atoms with Crippen molar-refractivity contribution in [2.45, 2.75) is 6.92 Å². The molecule has 0 aliphatic heterocycles. The molecule has 2 amide bonds. The number of hydrogen-bond donors (Lipinski definition) is 2. The number of rotatable bonds is 8. The number of carbonyl (C=O) groups is 2. The van der Waals surface area contributed by atoms with Gasteiger partial charge in [-0.15, -0.1) is 0 Å². The number of halogens is 1. The van der Waals surface area contributed by atoms with Gasteiger partial charge in [-0.05, 0) is 61.0 Å². The Morgan fingerprint density at radius 3 is 2.41 bits per heavy atom. The summed E-state index contributed by atoms with van der Waals surface area (Å²) in [7, 11) is 1.53. The lowest BCUT2D eigenvalue weighted by Crippen LogP contribution is -2.20. The van der Waals surface area contributed by atoms with E-state index in [1.165, 1.54) is 31.4 Å². The fourth-order valence-electron chi connectivity index (χ4n) is 2.95. The first-order chi connectivity index (χ1) is 15.5. The highest BCUT2D eigenvalue weighted by Gasteiger charge is 2.11. The lowest BCUT2D eigenvalue weighted by atomic mass is 10.1. The van der Waals surface area contributed by atoms with Gasteiger partial charge in [-0.2, -0.15) is 0 Å². The summed E-state index contributed by atoms with van der Waals surface area (Å²) in [5.74, 6) is -0.304. The van der Waals surface area contributed by atoms with E-state index in [0.29, 0.717) is 28.4 Å². The number of benzene rings is 3. The molecule has 6 nitrogen and oxygen atoms in total. The Kier molecular flexibility index (Phi) is 7.59. The molecule has 0 bridgehead atoms. The van der Waals surface area contributed by atoms with E-state index in [4.69, 9.17) is 9.47 Å². The topological polar surface area (TPSA) is 76.7 Å². The minimum Gasteiger partial charge on any atom is -0.493 e. The molecule has 2 N–H and O–H groups in total. The van der Waals surface area contributed by atoms with Gasteiger partial charge in [0.1, 0.15) is 5.82 Å². The van der Waals surface area contributed by atoms with Crippen molar-refractivity contribution in [2.75, 3.05) is 24.4 Å². The Bertz CT molecular complexity index is 1140. The number of ether oxygens (including phenoxy) is 2. The van der Waals surface area contributed by atoms with Gasteiger partial charge in [-0.25, -0.2) is 4.39 Å². The van der Waals surface area contributed by atoms with Crippen LogP contribution in [0.15, 0.2) is 72.8 Å². The average molecular weight is 434 g/mol. The lowest BCUT2D eigenvalue weighted by molar-refractivity contribution is -0.118. The summed E-state index contributed by atoms with van der Waals surface area (Å²) in [6.45, 7) is 1.68. The van der Waals surface area contributed by atoms with Crippen LogP contribution in [0.3, 0.4) is 0 Å². The largest absolute Gasteiger partial charge is 0.493 e. The van der Waals surface area contributed by atoms with E-state index in [2.05, 4.69) is 10.6 Å². The van der Waals surface area contributed by atoms with Crippen LogP contribution >= 0.6 is 0 Å². The molecule has 164 valence electrons. The first-order valence-electron chi connectivity index (χ1n) is 9.89. The second-order valence-electron chi connectivity index (χ2n) is 6.79. The van der Waals surface area contributed by atoms with Gasteiger partial charge in [0.05, 0.1) is 7.11 Å². The summed E-state index contributed by atoms with van der Waals surface area (Å²) >= 11 is 0. The zero-order chi connectivity index (χ0) is 22.9. The SMILES string of the molecule is C/C=C/c1ccc(OCC(=O)Nc2cccc(C(=O)Nc3cccc(F)c3)c2)c(OC)c1. The summed E-state index contributed by atoms with van der Waals surface area (Å²) in [5, 5.41) is 5.31. The number of nitrogens with one attached hydrogen (secondary N) is 2. The fourth-order valence-corrected chi connectivity index (χ4v) is 2.95. The third-order valence-electron chi connectivity index (χ3n) is 4.40.